The van der Waals surface area contributed by atoms with Crippen molar-refractivity contribution in [3.05, 3.63) is 307 Å². The lowest BCUT2D eigenvalue weighted by Crippen LogP contribution is -2.32. The standard InChI is InChI=1S/C92H78N4O/c1-58-26-24-27-59(2)87(58)67-50-80(66-47-69(91(6,7)8)53-70(48-66)92(9,10)11)88-81(51-67)76-36-20-18-34-74(76)75-35-19-21-37-77(75)82-49-65(64-45-62(60-28-14-12-15-29-60)44-63(46-64)61-30-16-13-17-31-61)52-85-89(82)95(88)57-94(85)71-32-25-33-72(55-71)97-73-40-41-79-78-38-22-23-39-83(78)96(84(79)56-73)86-54-68(42-43-93-86)90(3,4)5/h12-56H,1-11H3/i1D3,2D3,12D,13D,14D,15D,16D,17D,18D,19D,20D,21D,28D,29D,30D,31D,34D,35D,36D,37D,44D,45D,46D. The summed E-state index contributed by atoms with van der Waals surface area (Å²) in [6.07, 6.45) is 5.37. The van der Waals surface area contributed by atoms with Gasteiger partial charge in [-0.2, -0.15) is 0 Å². The van der Waals surface area contributed by atoms with Crippen molar-refractivity contribution in [1.29, 1.82) is 0 Å². The molecule has 1 aliphatic heterocycles. The molecular weight excluding hydrogens is 1180 g/mol. The highest BCUT2D eigenvalue weighted by Crippen LogP contribution is 2.50. The number of aromatic nitrogens is 4. The topological polar surface area (TPSA) is 35.9 Å². The van der Waals surface area contributed by atoms with E-state index in [1.54, 1.807) is 42.6 Å². The molecule has 97 heavy (non-hydrogen) atoms. The van der Waals surface area contributed by atoms with Gasteiger partial charge in [0, 0.05) is 31.3 Å². The van der Waals surface area contributed by atoms with E-state index in [-0.39, 0.29) is 67.0 Å². The van der Waals surface area contributed by atoms with E-state index in [4.69, 9.17) is 26.2 Å². The van der Waals surface area contributed by atoms with Crippen LogP contribution >= 0.6 is 0 Å². The average molecular weight is 1280 g/mol. The molecule has 0 saturated carbocycles. The summed E-state index contributed by atoms with van der Waals surface area (Å²) in [6.45, 7) is 12.2. The van der Waals surface area contributed by atoms with E-state index in [0.717, 1.165) is 38.5 Å². The van der Waals surface area contributed by atoms with E-state index in [1.165, 1.54) is 45.5 Å². The number of para-hydroxylation sites is 1. The summed E-state index contributed by atoms with van der Waals surface area (Å²) in [4.78, 5) is 4.89. The van der Waals surface area contributed by atoms with Crippen LogP contribution in [0.1, 0.15) is 127 Å². The Balaban J connectivity index is 1.14. The first-order chi connectivity index (χ1) is 57.9. The van der Waals surface area contributed by atoms with E-state index in [9.17, 15) is 20.6 Å². The van der Waals surface area contributed by atoms with Gasteiger partial charge in [0.15, 0.2) is 0 Å². The molecule has 0 N–H and O–H groups in total. The predicted octanol–water partition coefficient (Wildman–Crippen LogP) is 24.2. The Morgan fingerprint density at radius 2 is 0.959 bits per heavy atom. The van der Waals surface area contributed by atoms with Gasteiger partial charge in [-0.3, -0.25) is 13.7 Å². The molecule has 4 heterocycles. The summed E-state index contributed by atoms with van der Waals surface area (Å²) in [6, 6.07) is 20.6. The molecule has 5 heteroatoms. The number of rotatable bonds is 9. The lowest BCUT2D eigenvalue weighted by Gasteiger charge is -2.28. The second-order valence-corrected chi connectivity index (χ2v) is 27.4. The van der Waals surface area contributed by atoms with Gasteiger partial charge in [0.2, 0.25) is 0 Å². The highest BCUT2D eigenvalue weighted by Gasteiger charge is 2.31. The summed E-state index contributed by atoms with van der Waals surface area (Å²) >= 11 is 0. The molecule has 5 nitrogen and oxygen atoms in total. The van der Waals surface area contributed by atoms with Crippen LogP contribution in [0, 0.1) is 20.0 Å². The smallest absolute Gasteiger partial charge is 0.269 e. The van der Waals surface area contributed by atoms with Crippen molar-refractivity contribution in [2.45, 2.75) is 92.3 Å². The fraction of sp³-hybridized carbons (Fsp3) is 0.152. The highest BCUT2D eigenvalue weighted by atomic mass is 16.5. The molecule has 16 rings (SSSR count). The van der Waals surface area contributed by atoms with Crippen LogP contribution in [0.25, 0.3) is 139 Å². The van der Waals surface area contributed by atoms with Crippen LogP contribution in [0.2, 0.25) is 0 Å². The van der Waals surface area contributed by atoms with E-state index in [2.05, 4.69) is 31.7 Å². The van der Waals surface area contributed by atoms with E-state index in [0.29, 0.717) is 17.1 Å². The molecule has 0 unspecified atom stereocenters. The fourth-order valence-corrected chi connectivity index (χ4v) is 13.0. The highest BCUT2D eigenvalue weighted by molar-refractivity contribution is 6.10. The third-order valence-corrected chi connectivity index (χ3v) is 17.9. The maximum Gasteiger partial charge on any atom is 0.269 e. The maximum atomic E-state index is 10.6. The molecule has 15 aromatic rings. The van der Waals surface area contributed by atoms with Crippen LogP contribution in [0.3, 0.4) is 0 Å². The van der Waals surface area contributed by atoms with Gasteiger partial charge in [0.25, 0.3) is 6.33 Å². The number of benzene rings is 12. The number of hydrogen-bond acceptors (Lipinski definition) is 2. The van der Waals surface area contributed by atoms with Gasteiger partial charge < -0.3 is 4.74 Å². The summed E-state index contributed by atoms with van der Waals surface area (Å²) in [5.41, 5.74) is -4.94. The first kappa shape index (κ1) is 37.8. The summed E-state index contributed by atoms with van der Waals surface area (Å²) in [5, 5.41) is 1.80. The van der Waals surface area contributed by atoms with Crippen molar-refractivity contribution >= 4 is 32.8 Å². The quantitative estimate of drug-likeness (QED) is 0.107. The SMILES string of the molecule is [2H]c1c([2H])c([2H])c(-c2c([2H])c(-c3cc4c5c(c3)n(-c3cccc(Oc6ccc7c8ccccc8n(-c8cc(C(C)(C)C)ccn8)c7c6)c3)[c-][n+]5-c3c(-c5cc(C(C)(C)C)cc(C(C)(C)C)c5)cc(-c5c(C([2H])([2H])[2H])cccc5C([2H])([2H])[2H])cc3-c3c([2H])c([2H])c([2H])c([2H])c3-c3c([2H])c([2H])c([2H])c([2H])c3-4)c([2H])c(-c3c([2H])c([2H])c([2H])c([2H])c3[2H])c2[2H])c([2H])c1[2H]. The molecule has 0 aliphatic carbocycles. The summed E-state index contributed by atoms with van der Waals surface area (Å²) in [5.74, 6) is 1.17. The Hall–Kier alpha value is -11.1. The third kappa shape index (κ3) is 10.9. The fourth-order valence-electron chi connectivity index (χ4n) is 13.0. The van der Waals surface area contributed by atoms with Crippen molar-refractivity contribution in [1.82, 2.24) is 14.1 Å². The monoisotopic (exact) mass is 1280 g/mol. The lowest BCUT2D eigenvalue weighted by molar-refractivity contribution is -0.570. The average Bonchev–Trinajstić information content (AvgIpc) is 1.47. The molecular formula is C92H78N4O. The molecule has 0 radical (unpaired) electrons. The van der Waals surface area contributed by atoms with Gasteiger partial charge in [0.05, 0.1) is 62.2 Å². The summed E-state index contributed by atoms with van der Waals surface area (Å²) in [7, 11) is 0. The minimum absolute atomic E-state index is 0.0463. The van der Waals surface area contributed by atoms with E-state index in [1.807, 2.05) is 108 Å². The zero-order valence-electron chi connectivity index (χ0n) is 81.6. The molecule has 12 aromatic carbocycles. The van der Waals surface area contributed by atoms with Crippen LogP contribution in [0.15, 0.2) is 273 Å². The molecule has 1 aliphatic rings. The van der Waals surface area contributed by atoms with Crippen LogP contribution in [0.4, 0.5) is 0 Å². The van der Waals surface area contributed by atoms with Crippen molar-refractivity contribution in [2.75, 3.05) is 0 Å². The van der Waals surface area contributed by atoms with Crippen molar-refractivity contribution < 1.29 is 46.3 Å². The molecule has 0 bridgehead atoms. The summed E-state index contributed by atoms with van der Waals surface area (Å²) < 4.78 is 270. The van der Waals surface area contributed by atoms with Crippen LogP contribution in [-0.2, 0) is 16.2 Å². The Morgan fingerprint density at radius 1 is 0.412 bits per heavy atom. The lowest BCUT2D eigenvalue weighted by atomic mass is 9.78. The normalized spacial score (nSPS) is 16.5. The Labute approximate surface area is 608 Å². The molecule has 0 saturated heterocycles. The first-order valence-electron chi connectivity index (χ1n) is 45.3. The Morgan fingerprint density at radius 3 is 1.59 bits per heavy atom. The van der Waals surface area contributed by atoms with Crippen molar-refractivity contribution in [3.63, 3.8) is 0 Å². The number of nitrogens with zero attached hydrogens (tertiary/aromatic N) is 4. The minimum Gasteiger partial charge on any atom is -0.458 e. The molecule has 3 aromatic heterocycles. The second-order valence-electron chi connectivity index (χ2n) is 27.4. The van der Waals surface area contributed by atoms with Gasteiger partial charge >= 0.3 is 0 Å². The second kappa shape index (κ2) is 23.4. The number of pyridine rings is 1. The van der Waals surface area contributed by atoms with E-state index < -0.39 is 213 Å². The molecule has 472 valence electrons. The number of aryl methyl sites for hydroxylation is 2. The molecule has 0 fully saturated rings. The Kier molecular flexibility index (Phi) is 9.11. The van der Waals surface area contributed by atoms with Gasteiger partial charge in [-0.25, -0.2) is 4.98 Å². The van der Waals surface area contributed by atoms with Crippen LogP contribution in [0.5, 0.6) is 11.5 Å². The third-order valence-electron chi connectivity index (χ3n) is 17.9. The molecule has 0 amide bonds. The zero-order valence-corrected chi connectivity index (χ0v) is 54.6. The number of fused-ring (bicyclic) bond motifs is 10. The molecule has 0 atom stereocenters. The van der Waals surface area contributed by atoms with Crippen LogP contribution < -0.4 is 9.30 Å². The predicted molar refractivity (Wildman–Crippen MR) is 405 cm³/mol. The molecule has 0 spiro atoms. The zero-order chi connectivity index (χ0) is 89.9. The Bertz CT molecular complexity index is 6980. The van der Waals surface area contributed by atoms with Crippen molar-refractivity contribution in [2.24, 2.45) is 0 Å². The number of hydrogen-bond donors (Lipinski definition) is 0. The van der Waals surface area contributed by atoms with Crippen LogP contribution in [-0.4, -0.2) is 14.1 Å². The first-order valence-corrected chi connectivity index (χ1v) is 31.8. The number of imidazole rings is 1. The van der Waals surface area contributed by atoms with Gasteiger partial charge in [-0.05, 0) is 232 Å². The minimum atomic E-state index is -3.05. The van der Waals surface area contributed by atoms with Gasteiger partial charge in [0.1, 0.15) is 17.3 Å². The van der Waals surface area contributed by atoms with Gasteiger partial charge in [-0.15, -0.1) is 0 Å². The number of ether oxygens (including phenoxy) is 1. The van der Waals surface area contributed by atoms with Gasteiger partial charge in [-0.1, -0.05) is 238 Å². The largest absolute Gasteiger partial charge is 0.458 e. The maximum absolute atomic E-state index is 10.6. The van der Waals surface area contributed by atoms with E-state index >= 15 is 0 Å². The van der Waals surface area contributed by atoms with Crippen molar-refractivity contribution in [3.8, 4) is 118 Å².